The molecule has 0 aliphatic carbocycles. The lowest BCUT2D eigenvalue weighted by atomic mass is 10.1. The van der Waals surface area contributed by atoms with Crippen LogP contribution in [-0.4, -0.2) is 19.5 Å². The van der Waals surface area contributed by atoms with Gasteiger partial charge in [0.05, 0.1) is 6.61 Å². The molecule has 0 aromatic rings. The van der Waals surface area contributed by atoms with Gasteiger partial charge in [-0.2, -0.15) is 0 Å². The van der Waals surface area contributed by atoms with E-state index in [0.717, 1.165) is 25.9 Å². The molecule has 0 amide bonds. The zero-order valence-corrected chi connectivity index (χ0v) is 11.9. The summed E-state index contributed by atoms with van der Waals surface area (Å²) in [4.78, 5) is 0. The molecule has 1 aliphatic rings. The van der Waals surface area contributed by atoms with Crippen molar-refractivity contribution in [3.05, 3.63) is 0 Å². The van der Waals surface area contributed by atoms with E-state index in [-0.39, 0.29) is 6.29 Å². The van der Waals surface area contributed by atoms with Gasteiger partial charge in [0.2, 0.25) is 0 Å². The standard InChI is InChI=1S/C16H28O2/c1-2-3-4-5-6-7-8-9-11-14-17-16-13-10-12-15-18-16/h16H,2-7,10-15H2,1H3. The molecular weight excluding hydrogens is 224 g/mol. The Hall–Kier alpha value is -0.520. The van der Waals surface area contributed by atoms with Gasteiger partial charge < -0.3 is 9.47 Å². The first-order chi connectivity index (χ1) is 8.93. The van der Waals surface area contributed by atoms with Crippen molar-refractivity contribution in [1.29, 1.82) is 0 Å². The first-order valence-corrected chi connectivity index (χ1v) is 7.62. The Balaban J connectivity index is 1.85. The van der Waals surface area contributed by atoms with E-state index in [1.54, 1.807) is 0 Å². The van der Waals surface area contributed by atoms with Crippen LogP contribution in [0.1, 0.15) is 71.1 Å². The van der Waals surface area contributed by atoms with E-state index in [1.165, 1.54) is 44.9 Å². The molecule has 1 heterocycles. The Bertz CT molecular complexity index is 233. The number of rotatable bonds is 8. The van der Waals surface area contributed by atoms with E-state index in [4.69, 9.17) is 9.47 Å². The highest BCUT2D eigenvalue weighted by Gasteiger charge is 2.12. The summed E-state index contributed by atoms with van der Waals surface area (Å²) in [5.41, 5.74) is 0. The Morgan fingerprint density at radius 1 is 1.06 bits per heavy atom. The molecule has 0 aromatic heterocycles. The molecule has 1 rings (SSSR count). The van der Waals surface area contributed by atoms with Crippen molar-refractivity contribution in [2.24, 2.45) is 0 Å². The van der Waals surface area contributed by atoms with Crippen LogP contribution in [-0.2, 0) is 9.47 Å². The average Bonchev–Trinajstić information content (AvgIpc) is 2.42. The van der Waals surface area contributed by atoms with Gasteiger partial charge in [-0.15, -0.1) is 11.8 Å². The summed E-state index contributed by atoms with van der Waals surface area (Å²) >= 11 is 0. The summed E-state index contributed by atoms with van der Waals surface area (Å²) in [5, 5.41) is 0. The fourth-order valence-corrected chi connectivity index (χ4v) is 2.08. The number of hydrogen-bond donors (Lipinski definition) is 0. The Morgan fingerprint density at radius 2 is 1.89 bits per heavy atom. The maximum atomic E-state index is 5.62. The monoisotopic (exact) mass is 252 g/mol. The number of hydrogen-bond acceptors (Lipinski definition) is 2. The number of unbranched alkanes of at least 4 members (excludes halogenated alkanes) is 5. The van der Waals surface area contributed by atoms with Crippen molar-refractivity contribution in [1.82, 2.24) is 0 Å². The molecule has 1 atom stereocenters. The summed E-state index contributed by atoms with van der Waals surface area (Å²) in [6.45, 7) is 3.82. The molecule has 0 aromatic carbocycles. The summed E-state index contributed by atoms with van der Waals surface area (Å²) in [6.07, 6.45) is 12.0. The Labute approximate surface area is 112 Å². The minimum atomic E-state index is 0.0367. The summed E-state index contributed by atoms with van der Waals surface area (Å²) < 4.78 is 11.1. The third-order valence-corrected chi connectivity index (χ3v) is 3.20. The average molecular weight is 252 g/mol. The van der Waals surface area contributed by atoms with Gasteiger partial charge in [0.25, 0.3) is 0 Å². The molecular formula is C16H28O2. The lowest BCUT2D eigenvalue weighted by Gasteiger charge is -2.22. The lowest BCUT2D eigenvalue weighted by molar-refractivity contribution is -0.161. The van der Waals surface area contributed by atoms with Crippen molar-refractivity contribution in [3.63, 3.8) is 0 Å². The predicted octanol–water partition coefficient (Wildman–Crippen LogP) is 4.28. The van der Waals surface area contributed by atoms with E-state index in [0.29, 0.717) is 6.61 Å². The van der Waals surface area contributed by atoms with E-state index in [1.807, 2.05) is 0 Å². The van der Waals surface area contributed by atoms with Gasteiger partial charge in [0.15, 0.2) is 6.29 Å². The second-order valence-corrected chi connectivity index (χ2v) is 4.93. The molecule has 0 radical (unpaired) electrons. The van der Waals surface area contributed by atoms with E-state index >= 15 is 0 Å². The predicted molar refractivity (Wildman–Crippen MR) is 75.3 cm³/mol. The molecule has 2 nitrogen and oxygen atoms in total. The van der Waals surface area contributed by atoms with Crippen LogP contribution in [0.25, 0.3) is 0 Å². The van der Waals surface area contributed by atoms with Gasteiger partial charge >= 0.3 is 0 Å². The maximum absolute atomic E-state index is 5.62. The van der Waals surface area contributed by atoms with Crippen LogP contribution >= 0.6 is 0 Å². The van der Waals surface area contributed by atoms with Gasteiger partial charge in [-0.1, -0.05) is 32.6 Å². The highest BCUT2D eigenvalue weighted by molar-refractivity contribution is 4.98. The van der Waals surface area contributed by atoms with Gasteiger partial charge in [0.1, 0.15) is 0 Å². The van der Waals surface area contributed by atoms with Gasteiger partial charge in [-0.05, 0) is 25.7 Å². The molecule has 18 heavy (non-hydrogen) atoms. The maximum Gasteiger partial charge on any atom is 0.157 e. The van der Waals surface area contributed by atoms with Crippen LogP contribution < -0.4 is 0 Å². The molecule has 2 heteroatoms. The van der Waals surface area contributed by atoms with Crippen molar-refractivity contribution in [2.75, 3.05) is 13.2 Å². The van der Waals surface area contributed by atoms with Gasteiger partial charge in [0, 0.05) is 19.4 Å². The zero-order chi connectivity index (χ0) is 12.9. The van der Waals surface area contributed by atoms with Crippen molar-refractivity contribution < 1.29 is 9.47 Å². The molecule has 104 valence electrons. The molecule has 0 saturated carbocycles. The van der Waals surface area contributed by atoms with Crippen LogP contribution in [0.3, 0.4) is 0 Å². The largest absolute Gasteiger partial charge is 0.353 e. The molecule has 0 spiro atoms. The summed E-state index contributed by atoms with van der Waals surface area (Å²) in [7, 11) is 0. The number of ether oxygens (including phenoxy) is 2. The van der Waals surface area contributed by atoms with Crippen LogP contribution in [0.5, 0.6) is 0 Å². The minimum absolute atomic E-state index is 0.0367. The fraction of sp³-hybridized carbons (Fsp3) is 0.875. The van der Waals surface area contributed by atoms with Crippen molar-refractivity contribution in [2.45, 2.75) is 77.4 Å². The third-order valence-electron chi connectivity index (χ3n) is 3.20. The van der Waals surface area contributed by atoms with Crippen LogP contribution in [0.2, 0.25) is 0 Å². The lowest BCUT2D eigenvalue weighted by Crippen LogP contribution is -2.22. The smallest absolute Gasteiger partial charge is 0.157 e. The molecule has 0 N–H and O–H groups in total. The van der Waals surface area contributed by atoms with Crippen LogP contribution in [0.4, 0.5) is 0 Å². The Morgan fingerprint density at radius 3 is 2.67 bits per heavy atom. The highest BCUT2D eigenvalue weighted by Crippen LogP contribution is 2.13. The van der Waals surface area contributed by atoms with Crippen molar-refractivity contribution in [3.8, 4) is 11.8 Å². The van der Waals surface area contributed by atoms with Gasteiger partial charge in [-0.3, -0.25) is 0 Å². The summed E-state index contributed by atoms with van der Waals surface area (Å²) in [5.74, 6) is 6.41. The van der Waals surface area contributed by atoms with E-state index in [2.05, 4.69) is 18.8 Å². The molecule has 1 aliphatic heterocycles. The fourth-order valence-electron chi connectivity index (χ4n) is 2.08. The second-order valence-electron chi connectivity index (χ2n) is 4.93. The first-order valence-electron chi connectivity index (χ1n) is 7.62. The quantitative estimate of drug-likeness (QED) is 0.474. The Kier molecular flexibility index (Phi) is 9.98. The summed E-state index contributed by atoms with van der Waals surface area (Å²) in [6, 6.07) is 0. The SMILES string of the molecule is CCCCCCCC#CCCOC1CCCCO1. The zero-order valence-electron chi connectivity index (χ0n) is 11.9. The molecule has 1 saturated heterocycles. The van der Waals surface area contributed by atoms with Crippen LogP contribution in [0.15, 0.2) is 0 Å². The first kappa shape index (κ1) is 15.5. The van der Waals surface area contributed by atoms with Crippen LogP contribution in [0, 0.1) is 11.8 Å². The van der Waals surface area contributed by atoms with E-state index in [9.17, 15) is 0 Å². The second kappa shape index (κ2) is 11.6. The molecule has 1 fully saturated rings. The van der Waals surface area contributed by atoms with Gasteiger partial charge in [-0.25, -0.2) is 0 Å². The highest BCUT2D eigenvalue weighted by atomic mass is 16.7. The topological polar surface area (TPSA) is 18.5 Å². The molecule has 1 unspecified atom stereocenters. The minimum Gasteiger partial charge on any atom is -0.353 e. The van der Waals surface area contributed by atoms with Crippen molar-refractivity contribution >= 4 is 0 Å². The molecule has 0 bridgehead atoms. The van der Waals surface area contributed by atoms with E-state index < -0.39 is 0 Å². The third kappa shape index (κ3) is 8.55. The normalized spacial score (nSPS) is 19.3.